The molecule has 0 bridgehead atoms. The second-order valence-corrected chi connectivity index (χ2v) is 8.06. The highest BCUT2D eigenvalue weighted by Crippen LogP contribution is 2.15. The number of non-ortho nitro benzene ring substituents is 1. The van der Waals surface area contributed by atoms with E-state index in [9.17, 15) is 23.3 Å². The number of nitrogens with one attached hydrogen (secondary N) is 1. The molecule has 1 aromatic heterocycles. The Kier molecular flexibility index (Phi) is 5.23. The van der Waals surface area contributed by atoms with Gasteiger partial charge in [0.15, 0.2) is 9.84 Å². The Morgan fingerprint density at radius 2 is 1.79 bits per heavy atom. The minimum atomic E-state index is -3.26. The maximum absolute atomic E-state index is 12.3. The summed E-state index contributed by atoms with van der Waals surface area (Å²) in [6, 6.07) is 12.0. The zero-order valence-electron chi connectivity index (χ0n) is 14.8. The zero-order chi connectivity index (χ0) is 20.3. The minimum absolute atomic E-state index is 0.0317. The fourth-order valence-corrected chi connectivity index (χ4v) is 3.08. The Morgan fingerprint density at radius 3 is 2.36 bits per heavy atom. The van der Waals surface area contributed by atoms with Crippen LogP contribution in [-0.2, 0) is 16.4 Å². The Bertz CT molecular complexity index is 1120. The van der Waals surface area contributed by atoms with Gasteiger partial charge in [-0.1, -0.05) is 12.1 Å². The average Bonchev–Trinajstić information content (AvgIpc) is 3.16. The van der Waals surface area contributed by atoms with E-state index in [0.29, 0.717) is 11.3 Å². The van der Waals surface area contributed by atoms with Crippen LogP contribution in [0.15, 0.2) is 65.8 Å². The highest BCUT2D eigenvalue weighted by Gasteiger charge is 2.11. The average molecular weight is 400 g/mol. The molecule has 0 unspecified atom stereocenters. The van der Waals surface area contributed by atoms with Crippen LogP contribution < -0.4 is 5.32 Å². The first-order valence-corrected chi connectivity index (χ1v) is 10.00. The highest BCUT2D eigenvalue weighted by atomic mass is 32.2. The molecule has 0 radical (unpaired) electrons. The normalized spacial score (nSPS) is 11.2. The van der Waals surface area contributed by atoms with Crippen LogP contribution in [0.25, 0.3) is 5.69 Å². The van der Waals surface area contributed by atoms with Gasteiger partial charge in [0.25, 0.3) is 11.6 Å². The lowest BCUT2D eigenvalue weighted by Gasteiger charge is -2.05. The van der Waals surface area contributed by atoms with Crippen molar-refractivity contribution in [1.29, 1.82) is 0 Å². The molecule has 3 rings (SSSR count). The van der Waals surface area contributed by atoms with Crippen molar-refractivity contribution in [3.8, 4) is 5.69 Å². The van der Waals surface area contributed by atoms with Crippen molar-refractivity contribution in [2.45, 2.75) is 11.4 Å². The van der Waals surface area contributed by atoms with Crippen molar-refractivity contribution in [1.82, 2.24) is 15.1 Å². The molecule has 28 heavy (non-hydrogen) atoms. The lowest BCUT2D eigenvalue weighted by atomic mass is 10.2. The largest absolute Gasteiger partial charge is 0.348 e. The Hall–Kier alpha value is -3.53. The molecule has 0 spiro atoms. The molecule has 9 nitrogen and oxygen atoms in total. The topological polar surface area (TPSA) is 124 Å². The SMILES string of the molecule is CS(=O)(=O)c1ccc(CNC(=O)c2cnn(-c3ccc([N+](=O)[O-])cc3)c2)cc1. The van der Waals surface area contributed by atoms with E-state index in [1.54, 1.807) is 12.1 Å². The molecule has 0 fully saturated rings. The summed E-state index contributed by atoms with van der Waals surface area (Å²) in [6.45, 7) is 0.228. The van der Waals surface area contributed by atoms with Crippen LogP contribution >= 0.6 is 0 Å². The first-order chi connectivity index (χ1) is 13.2. The third-order valence-electron chi connectivity index (χ3n) is 3.97. The van der Waals surface area contributed by atoms with Crippen LogP contribution in [0.4, 0.5) is 5.69 Å². The van der Waals surface area contributed by atoms with Crippen LogP contribution in [0, 0.1) is 10.1 Å². The second kappa shape index (κ2) is 7.61. The van der Waals surface area contributed by atoms with Crippen molar-refractivity contribution in [3.63, 3.8) is 0 Å². The van der Waals surface area contributed by atoms with Gasteiger partial charge in [0.1, 0.15) is 0 Å². The molecule has 0 aliphatic heterocycles. The van der Waals surface area contributed by atoms with Gasteiger partial charge in [-0.25, -0.2) is 13.1 Å². The van der Waals surface area contributed by atoms with E-state index >= 15 is 0 Å². The number of nitro groups is 1. The lowest BCUT2D eigenvalue weighted by molar-refractivity contribution is -0.384. The summed E-state index contributed by atoms with van der Waals surface area (Å²) in [5.74, 6) is -0.347. The first kappa shape index (κ1) is 19.2. The number of hydrogen-bond donors (Lipinski definition) is 1. The van der Waals surface area contributed by atoms with Gasteiger partial charge < -0.3 is 5.32 Å². The molecule has 1 N–H and O–H groups in total. The summed E-state index contributed by atoms with van der Waals surface area (Å²) < 4.78 is 24.4. The van der Waals surface area contributed by atoms with E-state index in [1.165, 1.54) is 53.5 Å². The molecule has 1 amide bonds. The van der Waals surface area contributed by atoms with E-state index in [0.717, 1.165) is 11.8 Å². The van der Waals surface area contributed by atoms with Crippen LogP contribution in [0.2, 0.25) is 0 Å². The van der Waals surface area contributed by atoms with Crippen molar-refractivity contribution >= 4 is 21.4 Å². The van der Waals surface area contributed by atoms with E-state index in [1.807, 2.05) is 0 Å². The number of aromatic nitrogens is 2. The Morgan fingerprint density at radius 1 is 1.14 bits per heavy atom. The summed E-state index contributed by atoms with van der Waals surface area (Å²) >= 11 is 0. The van der Waals surface area contributed by atoms with E-state index in [4.69, 9.17) is 0 Å². The second-order valence-electron chi connectivity index (χ2n) is 6.05. The van der Waals surface area contributed by atoms with Gasteiger partial charge in [-0.3, -0.25) is 14.9 Å². The number of rotatable bonds is 6. The van der Waals surface area contributed by atoms with Crippen molar-refractivity contribution in [2.75, 3.05) is 6.26 Å². The van der Waals surface area contributed by atoms with Crippen molar-refractivity contribution < 1.29 is 18.1 Å². The van der Waals surface area contributed by atoms with E-state index in [2.05, 4.69) is 10.4 Å². The standard InChI is InChI=1S/C18H16N4O5S/c1-28(26,27)17-8-2-13(3-9-17)10-19-18(23)14-11-20-21(12-14)15-4-6-16(7-5-15)22(24)25/h2-9,11-12H,10H2,1H3,(H,19,23). The summed E-state index contributed by atoms with van der Waals surface area (Å²) in [4.78, 5) is 22.7. The van der Waals surface area contributed by atoms with E-state index < -0.39 is 14.8 Å². The monoisotopic (exact) mass is 400 g/mol. The zero-order valence-corrected chi connectivity index (χ0v) is 15.6. The van der Waals surface area contributed by atoms with Gasteiger partial charge in [-0.05, 0) is 29.8 Å². The molecule has 0 atom stereocenters. The van der Waals surface area contributed by atoms with Crippen molar-refractivity contribution in [2.24, 2.45) is 0 Å². The molecule has 1 heterocycles. The third-order valence-corrected chi connectivity index (χ3v) is 5.10. The van der Waals surface area contributed by atoms with Crippen LogP contribution in [0.3, 0.4) is 0 Å². The number of carbonyl (C=O) groups excluding carboxylic acids is 1. The maximum atomic E-state index is 12.3. The number of amides is 1. The van der Waals surface area contributed by atoms with Gasteiger partial charge in [-0.2, -0.15) is 5.10 Å². The molecule has 3 aromatic rings. The molecule has 10 heteroatoms. The number of benzene rings is 2. The molecule has 0 aliphatic carbocycles. The van der Waals surface area contributed by atoms with Gasteiger partial charge in [-0.15, -0.1) is 0 Å². The molecule has 2 aromatic carbocycles. The molecule has 0 saturated heterocycles. The summed E-state index contributed by atoms with van der Waals surface area (Å²) in [6.07, 6.45) is 4.04. The summed E-state index contributed by atoms with van der Waals surface area (Å²) in [5, 5.41) is 17.5. The first-order valence-electron chi connectivity index (χ1n) is 8.11. The highest BCUT2D eigenvalue weighted by molar-refractivity contribution is 7.90. The predicted molar refractivity (Wildman–Crippen MR) is 101 cm³/mol. The number of hydrogen-bond acceptors (Lipinski definition) is 6. The number of sulfone groups is 1. The summed E-state index contributed by atoms with van der Waals surface area (Å²) in [7, 11) is -3.26. The van der Waals surface area contributed by atoms with E-state index in [-0.39, 0.29) is 23.0 Å². The van der Waals surface area contributed by atoms with Crippen molar-refractivity contribution in [3.05, 3.63) is 82.2 Å². The van der Waals surface area contributed by atoms with Gasteiger partial charge in [0, 0.05) is 31.1 Å². The lowest BCUT2D eigenvalue weighted by Crippen LogP contribution is -2.22. The number of nitrogens with zero attached hydrogens (tertiary/aromatic N) is 3. The fourth-order valence-electron chi connectivity index (χ4n) is 2.45. The third kappa shape index (κ3) is 4.41. The van der Waals surface area contributed by atoms with Gasteiger partial charge in [0.2, 0.25) is 0 Å². The summed E-state index contributed by atoms with van der Waals surface area (Å²) in [5.41, 5.74) is 1.63. The Labute approximate surface area is 160 Å². The predicted octanol–water partition coefficient (Wildman–Crippen LogP) is 2.11. The van der Waals surface area contributed by atoms with Gasteiger partial charge >= 0.3 is 0 Å². The number of nitro benzene ring substituents is 1. The van der Waals surface area contributed by atoms with Crippen LogP contribution in [-0.4, -0.2) is 35.3 Å². The minimum Gasteiger partial charge on any atom is -0.348 e. The molecule has 144 valence electrons. The molecule has 0 aliphatic rings. The fraction of sp³-hybridized carbons (Fsp3) is 0.111. The maximum Gasteiger partial charge on any atom is 0.269 e. The quantitative estimate of drug-likeness (QED) is 0.499. The van der Waals surface area contributed by atoms with Crippen LogP contribution in [0.5, 0.6) is 0 Å². The molecular weight excluding hydrogens is 384 g/mol. The van der Waals surface area contributed by atoms with Crippen LogP contribution in [0.1, 0.15) is 15.9 Å². The van der Waals surface area contributed by atoms with Gasteiger partial charge in [0.05, 0.1) is 27.3 Å². The Balaban J connectivity index is 1.65. The molecular formula is C18H16N4O5S. The smallest absolute Gasteiger partial charge is 0.269 e. The number of carbonyl (C=O) groups is 1. The molecule has 0 saturated carbocycles.